The zero-order valence-electron chi connectivity index (χ0n) is 12.0. The minimum atomic E-state index is -0.778. The lowest BCUT2D eigenvalue weighted by Crippen LogP contribution is -2.42. The van der Waals surface area contributed by atoms with Crippen molar-refractivity contribution in [2.75, 3.05) is 25.0 Å². The van der Waals surface area contributed by atoms with E-state index in [2.05, 4.69) is 5.32 Å². The number of benzene rings is 1. The molecule has 0 spiro atoms. The number of urea groups is 1. The molecule has 0 atom stereocenters. The van der Waals surface area contributed by atoms with Crippen LogP contribution < -0.4 is 10.1 Å². The first kappa shape index (κ1) is 15.2. The predicted octanol–water partition coefficient (Wildman–Crippen LogP) is 2.41. The van der Waals surface area contributed by atoms with Crippen LogP contribution in [0.5, 0.6) is 5.75 Å². The molecular weight excluding hydrogens is 272 g/mol. The van der Waals surface area contributed by atoms with Gasteiger partial charge < -0.3 is 20.1 Å². The van der Waals surface area contributed by atoms with Crippen molar-refractivity contribution in [3.8, 4) is 5.75 Å². The molecule has 2 amide bonds. The number of ether oxygens (including phenoxy) is 1. The smallest absolute Gasteiger partial charge is 0.321 e. The van der Waals surface area contributed by atoms with Gasteiger partial charge in [-0.2, -0.15) is 0 Å². The van der Waals surface area contributed by atoms with Crippen LogP contribution in [0.4, 0.5) is 10.5 Å². The number of hydrogen-bond donors (Lipinski definition) is 2. The number of anilines is 1. The fourth-order valence-corrected chi connectivity index (χ4v) is 2.36. The molecule has 2 rings (SSSR count). The monoisotopic (exact) mass is 292 g/mol. The molecule has 1 saturated heterocycles. The van der Waals surface area contributed by atoms with Gasteiger partial charge >= 0.3 is 12.0 Å². The highest BCUT2D eigenvalue weighted by atomic mass is 16.5. The Labute approximate surface area is 123 Å². The second-order valence-electron chi connectivity index (χ2n) is 4.99. The number of carboxylic acids is 1. The fourth-order valence-electron chi connectivity index (χ4n) is 2.36. The summed E-state index contributed by atoms with van der Waals surface area (Å²) in [5.74, 6) is -0.408. The Bertz CT molecular complexity index is 510. The lowest BCUT2D eigenvalue weighted by molar-refractivity contribution is -0.143. The van der Waals surface area contributed by atoms with Crippen LogP contribution in [0.2, 0.25) is 0 Å². The van der Waals surface area contributed by atoms with E-state index in [1.165, 1.54) is 0 Å². The van der Waals surface area contributed by atoms with Crippen molar-refractivity contribution in [3.63, 3.8) is 0 Å². The van der Waals surface area contributed by atoms with Gasteiger partial charge in [0.1, 0.15) is 5.75 Å². The maximum absolute atomic E-state index is 12.1. The average molecular weight is 292 g/mol. The highest BCUT2D eigenvalue weighted by Gasteiger charge is 2.26. The van der Waals surface area contributed by atoms with Crippen LogP contribution in [0.15, 0.2) is 24.3 Å². The van der Waals surface area contributed by atoms with Crippen molar-refractivity contribution in [3.05, 3.63) is 24.3 Å². The number of carbonyl (C=O) groups excluding carboxylic acids is 1. The van der Waals surface area contributed by atoms with Crippen LogP contribution in [0.25, 0.3) is 0 Å². The third-order valence-corrected chi connectivity index (χ3v) is 3.53. The van der Waals surface area contributed by atoms with Crippen LogP contribution >= 0.6 is 0 Å². The zero-order chi connectivity index (χ0) is 15.2. The summed E-state index contributed by atoms with van der Waals surface area (Å²) >= 11 is 0. The third kappa shape index (κ3) is 4.11. The fraction of sp³-hybridized carbons (Fsp3) is 0.467. The molecular formula is C15H20N2O4. The molecule has 1 fully saturated rings. The summed E-state index contributed by atoms with van der Waals surface area (Å²) < 4.78 is 5.38. The lowest BCUT2D eigenvalue weighted by Gasteiger charge is -2.30. The van der Waals surface area contributed by atoms with E-state index >= 15 is 0 Å². The molecule has 6 nitrogen and oxygen atoms in total. The quantitative estimate of drug-likeness (QED) is 0.893. The molecule has 0 bridgehead atoms. The van der Waals surface area contributed by atoms with E-state index in [4.69, 9.17) is 9.84 Å². The summed E-state index contributed by atoms with van der Waals surface area (Å²) in [5.41, 5.74) is 0.673. The standard InChI is InChI=1S/C15H20N2O4/c1-2-21-13-5-3-4-12(10-13)16-15(20)17-8-6-11(7-9-17)14(18)19/h3-5,10-11H,2,6-9H2,1H3,(H,16,20)(H,18,19). The minimum absolute atomic E-state index is 0.201. The van der Waals surface area contributed by atoms with Crippen LogP contribution in [-0.2, 0) is 4.79 Å². The van der Waals surface area contributed by atoms with Crippen molar-refractivity contribution in [2.45, 2.75) is 19.8 Å². The van der Waals surface area contributed by atoms with Crippen LogP contribution in [0.1, 0.15) is 19.8 Å². The molecule has 0 radical (unpaired) electrons. The Balaban J connectivity index is 1.90. The third-order valence-electron chi connectivity index (χ3n) is 3.53. The van der Waals surface area contributed by atoms with Crippen molar-refractivity contribution in [1.82, 2.24) is 4.90 Å². The highest BCUT2D eigenvalue weighted by molar-refractivity contribution is 5.89. The molecule has 1 aromatic carbocycles. The molecule has 6 heteroatoms. The number of likely N-dealkylation sites (tertiary alicyclic amines) is 1. The van der Waals surface area contributed by atoms with E-state index < -0.39 is 5.97 Å². The van der Waals surface area contributed by atoms with Crippen molar-refractivity contribution < 1.29 is 19.4 Å². The van der Waals surface area contributed by atoms with Crippen LogP contribution in [0.3, 0.4) is 0 Å². The summed E-state index contributed by atoms with van der Waals surface area (Å²) in [5, 5.41) is 11.8. The number of hydrogen-bond acceptors (Lipinski definition) is 3. The number of nitrogens with one attached hydrogen (secondary N) is 1. The Morgan fingerprint density at radius 1 is 1.38 bits per heavy atom. The van der Waals surface area contributed by atoms with E-state index in [0.717, 1.165) is 0 Å². The van der Waals surface area contributed by atoms with Crippen molar-refractivity contribution in [1.29, 1.82) is 0 Å². The number of carbonyl (C=O) groups is 2. The molecule has 1 aromatic rings. The molecule has 0 saturated carbocycles. The van der Waals surface area contributed by atoms with Crippen LogP contribution in [0, 0.1) is 5.92 Å². The number of nitrogens with zero attached hydrogens (tertiary/aromatic N) is 1. The highest BCUT2D eigenvalue weighted by Crippen LogP contribution is 2.20. The van der Waals surface area contributed by atoms with Gasteiger partial charge in [-0.25, -0.2) is 4.79 Å². The maximum atomic E-state index is 12.1. The predicted molar refractivity (Wildman–Crippen MR) is 78.6 cm³/mol. The van der Waals surface area contributed by atoms with Gasteiger partial charge in [-0.15, -0.1) is 0 Å². The van der Waals surface area contributed by atoms with Gasteiger partial charge in [0.25, 0.3) is 0 Å². The summed E-state index contributed by atoms with van der Waals surface area (Å²) in [4.78, 5) is 24.7. The number of piperidine rings is 1. The molecule has 114 valence electrons. The van der Waals surface area contributed by atoms with Gasteiger partial charge in [0.15, 0.2) is 0 Å². The number of amides is 2. The Morgan fingerprint density at radius 2 is 2.10 bits per heavy atom. The number of aliphatic carboxylic acids is 1. The minimum Gasteiger partial charge on any atom is -0.494 e. The van der Waals surface area contributed by atoms with Crippen LogP contribution in [-0.4, -0.2) is 41.7 Å². The van der Waals surface area contributed by atoms with E-state index in [1.54, 1.807) is 17.0 Å². The van der Waals surface area contributed by atoms with Gasteiger partial charge in [0, 0.05) is 24.8 Å². The maximum Gasteiger partial charge on any atom is 0.321 e. The average Bonchev–Trinajstić information content (AvgIpc) is 2.48. The molecule has 2 N–H and O–H groups in total. The summed E-state index contributed by atoms with van der Waals surface area (Å²) in [6, 6.07) is 7.01. The van der Waals surface area contributed by atoms with E-state index in [1.807, 2.05) is 19.1 Å². The zero-order valence-corrected chi connectivity index (χ0v) is 12.0. The summed E-state index contributed by atoms with van der Waals surface area (Å²) in [6.07, 6.45) is 1.00. The van der Waals surface area contributed by atoms with Gasteiger partial charge in [-0.3, -0.25) is 4.79 Å². The molecule has 1 aliphatic heterocycles. The van der Waals surface area contributed by atoms with Crippen molar-refractivity contribution in [2.24, 2.45) is 5.92 Å². The second kappa shape index (κ2) is 6.97. The SMILES string of the molecule is CCOc1cccc(NC(=O)N2CCC(C(=O)O)CC2)c1. The first-order chi connectivity index (χ1) is 10.1. The van der Waals surface area contributed by atoms with Crippen molar-refractivity contribution >= 4 is 17.7 Å². The van der Waals surface area contributed by atoms with E-state index in [9.17, 15) is 9.59 Å². The largest absolute Gasteiger partial charge is 0.494 e. The first-order valence-electron chi connectivity index (χ1n) is 7.11. The molecule has 0 aromatic heterocycles. The normalized spacial score (nSPS) is 15.6. The van der Waals surface area contributed by atoms with E-state index in [-0.39, 0.29) is 11.9 Å². The molecule has 0 aliphatic carbocycles. The topological polar surface area (TPSA) is 78.9 Å². The van der Waals surface area contributed by atoms with Gasteiger partial charge in [0.05, 0.1) is 12.5 Å². The summed E-state index contributed by atoms with van der Waals surface area (Å²) in [7, 11) is 0. The second-order valence-corrected chi connectivity index (χ2v) is 4.99. The number of rotatable bonds is 4. The van der Waals surface area contributed by atoms with Gasteiger partial charge in [-0.05, 0) is 31.9 Å². The Morgan fingerprint density at radius 3 is 2.71 bits per heavy atom. The Hall–Kier alpha value is -2.24. The van der Waals surface area contributed by atoms with Gasteiger partial charge in [0.2, 0.25) is 0 Å². The summed E-state index contributed by atoms with van der Waals surface area (Å²) in [6.45, 7) is 3.40. The van der Waals surface area contributed by atoms with E-state index in [0.29, 0.717) is 44.0 Å². The Kier molecular flexibility index (Phi) is 5.03. The number of carboxylic acid groups (broad SMARTS) is 1. The molecule has 1 aliphatic rings. The lowest BCUT2D eigenvalue weighted by atomic mass is 9.97. The first-order valence-corrected chi connectivity index (χ1v) is 7.11. The molecule has 0 unspecified atom stereocenters. The molecule has 21 heavy (non-hydrogen) atoms. The molecule has 1 heterocycles. The van der Waals surface area contributed by atoms with Gasteiger partial charge in [-0.1, -0.05) is 6.07 Å².